The van der Waals surface area contributed by atoms with Crippen LogP contribution in [-0.4, -0.2) is 18.8 Å². The molecule has 3 nitrogen and oxygen atoms in total. The third-order valence-electron chi connectivity index (χ3n) is 2.58. The zero-order valence-electron chi connectivity index (χ0n) is 11.7. The summed E-state index contributed by atoms with van der Waals surface area (Å²) < 4.78 is 13.2. The van der Waals surface area contributed by atoms with E-state index in [0.717, 1.165) is 23.4 Å². The Hall–Kier alpha value is -1.23. The molecule has 0 spiro atoms. The van der Waals surface area contributed by atoms with Crippen LogP contribution in [0.15, 0.2) is 23.2 Å². The molecule has 0 radical (unpaired) electrons. The average Bonchev–Trinajstić information content (AvgIpc) is 2.35. The third-order valence-corrected chi connectivity index (χ3v) is 3.18. The number of benzene rings is 1. The van der Waals surface area contributed by atoms with Crippen LogP contribution in [0.1, 0.15) is 25.0 Å². The Morgan fingerprint density at radius 1 is 1.42 bits per heavy atom. The van der Waals surface area contributed by atoms with Gasteiger partial charge in [0.2, 0.25) is 0 Å². The van der Waals surface area contributed by atoms with E-state index in [1.54, 1.807) is 23.9 Å². The molecule has 1 aromatic rings. The van der Waals surface area contributed by atoms with Crippen molar-refractivity contribution in [2.75, 3.05) is 12.8 Å². The lowest BCUT2D eigenvalue weighted by Crippen LogP contribution is -2.34. The Labute approximate surface area is 118 Å². The van der Waals surface area contributed by atoms with Crippen LogP contribution < -0.4 is 11.1 Å². The quantitative estimate of drug-likeness (QED) is 0.623. The second kappa shape index (κ2) is 8.04. The predicted octanol–water partition coefficient (Wildman–Crippen LogP) is 2.75. The number of nitrogens with two attached hydrogens (primary N) is 1. The molecule has 19 heavy (non-hydrogen) atoms. The highest BCUT2D eigenvalue weighted by Gasteiger charge is 2.04. The first-order valence-electron chi connectivity index (χ1n) is 6.33. The van der Waals surface area contributed by atoms with E-state index in [2.05, 4.69) is 24.2 Å². The van der Waals surface area contributed by atoms with Gasteiger partial charge in [0.25, 0.3) is 0 Å². The number of nitrogens with one attached hydrogen (secondary N) is 1. The van der Waals surface area contributed by atoms with Gasteiger partial charge in [-0.25, -0.2) is 9.38 Å². The number of thioether (sulfide) groups is 1. The molecule has 0 heterocycles. The Kier molecular flexibility index (Phi) is 6.70. The van der Waals surface area contributed by atoms with Gasteiger partial charge in [0.1, 0.15) is 5.82 Å². The Balaban J connectivity index is 2.68. The van der Waals surface area contributed by atoms with Crippen LogP contribution in [0.4, 0.5) is 4.39 Å². The van der Waals surface area contributed by atoms with Crippen molar-refractivity contribution >= 4 is 17.7 Å². The molecule has 0 aromatic heterocycles. The molecule has 1 aromatic carbocycles. The molecule has 0 unspecified atom stereocenters. The zero-order valence-corrected chi connectivity index (χ0v) is 12.6. The van der Waals surface area contributed by atoms with Crippen LogP contribution in [0.3, 0.4) is 0 Å². The first-order valence-corrected chi connectivity index (χ1v) is 7.72. The van der Waals surface area contributed by atoms with Gasteiger partial charge in [-0.3, -0.25) is 0 Å². The number of aliphatic imine (C=N–C) groups is 1. The number of hydrogen-bond donors (Lipinski definition) is 2. The van der Waals surface area contributed by atoms with Crippen molar-refractivity contribution in [1.29, 1.82) is 0 Å². The lowest BCUT2D eigenvalue weighted by atomic mass is 10.1. The molecule has 106 valence electrons. The van der Waals surface area contributed by atoms with Crippen LogP contribution in [0.2, 0.25) is 0 Å². The molecule has 0 saturated carbocycles. The molecule has 0 atom stereocenters. The topological polar surface area (TPSA) is 50.4 Å². The highest BCUT2D eigenvalue weighted by Crippen LogP contribution is 2.17. The molecule has 0 aliphatic heterocycles. The van der Waals surface area contributed by atoms with Gasteiger partial charge in [-0.2, -0.15) is 11.8 Å². The molecular weight excluding hydrogens is 261 g/mol. The minimum absolute atomic E-state index is 0.206. The van der Waals surface area contributed by atoms with Crippen LogP contribution in [0.5, 0.6) is 0 Å². The van der Waals surface area contributed by atoms with Crippen molar-refractivity contribution < 1.29 is 4.39 Å². The van der Waals surface area contributed by atoms with E-state index in [1.165, 1.54) is 6.07 Å². The summed E-state index contributed by atoms with van der Waals surface area (Å²) in [6.07, 6.45) is 2.00. The molecule has 1 rings (SSSR count). The molecule has 0 saturated heterocycles. The minimum Gasteiger partial charge on any atom is -0.370 e. The number of nitrogens with zero attached hydrogens (tertiary/aromatic N) is 1. The van der Waals surface area contributed by atoms with E-state index in [4.69, 9.17) is 5.73 Å². The maximum atomic E-state index is 13.2. The van der Waals surface area contributed by atoms with Gasteiger partial charge in [0, 0.05) is 12.3 Å². The fourth-order valence-corrected chi connectivity index (χ4v) is 2.15. The van der Waals surface area contributed by atoms with Crippen molar-refractivity contribution in [3.05, 3.63) is 35.1 Å². The van der Waals surface area contributed by atoms with E-state index < -0.39 is 0 Å². The van der Waals surface area contributed by atoms with Gasteiger partial charge >= 0.3 is 0 Å². The van der Waals surface area contributed by atoms with Gasteiger partial charge in [-0.05, 0) is 35.4 Å². The number of halogens is 1. The molecule has 5 heteroatoms. The zero-order chi connectivity index (χ0) is 14.3. The van der Waals surface area contributed by atoms with Gasteiger partial charge in [0.05, 0.1) is 6.54 Å². The second-order valence-corrected chi connectivity index (χ2v) is 5.69. The summed E-state index contributed by atoms with van der Waals surface area (Å²) in [6, 6.07) is 4.81. The third kappa shape index (κ3) is 5.96. The Morgan fingerprint density at radius 2 is 2.16 bits per heavy atom. The maximum absolute atomic E-state index is 13.2. The van der Waals surface area contributed by atoms with Crippen molar-refractivity contribution in [2.24, 2.45) is 16.6 Å². The van der Waals surface area contributed by atoms with E-state index in [9.17, 15) is 4.39 Å². The summed E-state index contributed by atoms with van der Waals surface area (Å²) in [5, 5.41) is 3.06. The summed E-state index contributed by atoms with van der Waals surface area (Å²) in [4.78, 5) is 4.29. The fourth-order valence-electron chi connectivity index (χ4n) is 1.57. The standard InChI is InChI=1S/C14H22FN3S/c1-10(2)7-17-14(16)18-8-11-4-5-13(15)6-12(11)9-19-3/h4-6,10H,7-9H2,1-3H3,(H3,16,17,18). The maximum Gasteiger partial charge on any atom is 0.188 e. The van der Waals surface area contributed by atoms with Gasteiger partial charge < -0.3 is 11.1 Å². The van der Waals surface area contributed by atoms with Gasteiger partial charge in [-0.1, -0.05) is 19.9 Å². The van der Waals surface area contributed by atoms with E-state index in [1.807, 2.05) is 6.26 Å². The molecule has 0 aliphatic rings. The van der Waals surface area contributed by atoms with Crippen LogP contribution in [0.25, 0.3) is 0 Å². The monoisotopic (exact) mass is 283 g/mol. The molecular formula is C14H22FN3S. The SMILES string of the molecule is CSCc1cc(F)ccc1CN=C(N)NCC(C)C. The largest absolute Gasteiger partial charge is 0.370 e. The van der Waals surface area contributed by atoms with Gasteiger partial charge in [0.15, 0.2) is 5.96 Å². The highest BCUT2D eigenvalue weighted by molar-refractivity contribution is 7.97. The first-order chi connectivity index (χ1) is 9.02. The minimum atomic E-state index is -0.206. The van der Waals surface area contributed by atoms with E-state index in [0.29, 0.717) is 18.4 Å². The van der Waals surface area contributed by atoms with Crippen LogP contribution in [-0.2, 0) is 12.3 Å². The predicted molar refractivity (Wildman–Crippen MR) is 81.8 cm³/mol. The second-order valence-electron chi connectivity index (χ2n) is 4.82. The Bertz CT molecular complexity index is 433. The fraction of sp³-hybridized carbons (Fsp3) is 0.500. The van der Waals surface area contributed by atoms with E-state index in [-0.39, 0.29) is 5.82 Å². The normalized spacial score (nSPS) is 11.9. The smallest absolute Gasteiger partial charge is 0.188 e. The highest BCUT2D eigenvalue weighted by atomic mass is 32.2. The van der Waals surface area contributed by atoms with E-state index >= 15 is 0 Å². The molecule has 0 amide bonds. The summed E-state index contributed by atoms with van der Waals surface area (Å²) in [6.45, 7) is 5.50. The molecule has 3 N–H and O–H groups in total. The van der Waals surface area contributed by atoms with Crippen molar-refractivity contribution in [2.45, 2.75) is 26.1 Å². The van der Waals surface area contributed by atoms with Crippen LogP contribution in [0, 0.1) is 11.7 Å². The molecule has 0 fully saturated rings. The average molecular weight is 283 g/mol. The summed E-state index contributed by atoms with van der Waals surface area (Å²) >= 11 is 1.66. The number of guanidine groups is 1. The van der Waals surface area contributed by atoms with Crippen LogP contribution >= 0.6 is 11.8 Å². The summed E-state index contributed by atoms with van der Waals surface area (Å²) in [5.41, 5.74) is 7.78. The summed E-state index contributed by atoms with van der Waals surface area (Å²) in [5.74, 6) is 1.53. The number of rotatable bonds is 6. The van der Waals surface area contributed by atoms with Crippen molar-refractivity contribution in [3.8, 4) is 0 Å². The lowest BCUT2D eigenvalue weighted by molar-refractivity contribution is 0.621. The Morgan fingerprint density at radius 3 is 2.79 bits per heavy atom. The van der Waals surface area contributed by atoms with Crippen molar-refractivity contribution in [3.63, 3.8) is 0 Å². The number of hydrogen-bond acceptors (Lipinski definition) is 2. The molecule has 0 aliphatic carbocycles. The van der Waals surface area contributed by atoms with Gasteiger partial charge in [-0.15, -0.1) is 0 Å². The molecule has 0 bridgehead atoms. The first kappa shape index (κ1) is 15.8. The summed E-state index contributed by atoms with van der Waals surface area (Å²) in [7, 11) is 0. The van der Waals surface area contributed by atoms with Crippen molar-refractivity contribution in [1.82, 2.24) is 5.32 Å². The lowest BCUT2D eigenvalue weighted by Gasteiger charge is -2.09.